The van der Waals surface area contributed by atoms with E-state index in [1.807, 2.05) is 0 Å². The minimum atomic E-state index is -1.79. The summed E-state index contributed by atoms with van der Waals surface area (Å²) in [4.78, 5) is 0. The maximum absolute atomic E-state index is 12.9. The van der Waals surface area contributed by atoms with Gasteiger partial charge in [-0.15, -0.1) is 0 Å². The maximum atomic E-state index is 12.9. The first-order valence-corrected chi connectivity index (χ1v) is 3.55. The van der Waals surface area contributed by atoms with Crippen LogP contribution in [0.1, 0.15) is 11.7 Å². The van der Waals surface area contributed by atoms with Crippen molar-refractivity contribution >= 4 is 0 Å². The Labute approximate surface area is 70.9 Å². The molecular weight excluding hydrogens is 188 g/mol. The molecule has 13 heavy (non-hydrogen) atoms. The van der Waals surface area contributed by atoms with E-state index < -0.39 is 29.4 Å². The van der Waals surface area contributed by atoms with Crippen LogP contribution in [0.3, 0.4) is 0 Å². The lowest BCUT2D eigenvalue weighted by atomic mass is 10.1. The van der Waals surface area contributed by atoms with E-state index >= 15 is 0 Å². The summed E-state index contributed by atoms with van der Waals surface area (Å²) in [6.45, 7) is 0.210. The molecule has 1 saturated heterocycles. The van der Waals surface area contributed by atoms with Gasteiger partial charge in [0.05, 0.1) is 6.61 Å². The van der Waals surface area contributed by atoms with Crippen LogP contribution in [0.2, 0.25) is 0 Å². The average Bonchev–Trinajstić information content (AvgIpc) is 2.91. The zero-order valence-electron chi connectivity index (χ0n) is 6.28. The summed E-state index contributed by atoms with van der Waals surface area (Å²) in [5.41, 5.74) is -0.267. The van der Waals surface area contributed by atoms with Crippen molar-refractivity contribution in [2.24, 2.45) is 0 Å². The van der Waals surface area contributed by atoms with Gasteiger partial charge in [0, 0.05) is 5.56 Å². The van der Waals surface area contributed by atoms with Gasteiger partial charge < -0.3 is 4.74 Å². The Morgan fingerprint density at radius 1 is 1.08 bits per heavy atom. The molecule has 1 heterocycles. The van der Waals surface area contributed by atoms with E-state index in [4.69, 9.17) is 0 Å². The second-order valence-corrected chi connectivity index (χ2v) is 2.71. The van der Waals surface area contributed by atoms with Crippen LogP contribution < -0.4 is 0 Å². The molecular formula is C8H4F4O. The third-order valence-electron chi connectivity index (χ3n) is 1.81. The van der Waals surface area contributed by atoms with E-state index in [0.29, 0.717) is 6.07 Å². The van der Waals surface area contributed by atoms with Gasteiger partial charge >= 0.3 is 0 Å². The molecule has 1 aliphatic heterocycles. The molecule has 1 aliphatic rings. The second-order valence-electron chi connectivity index (χ2n) is 2.71. The molecule has 0 amide bonds. The van der Waals surface area contributed by atoms with E-state index in [0.717, 1.165) is 0 Å². The third-order valence-corrected chi connectivity index (χ3v) is 1.81. The molecule has 0 radical (unpaired) electrons. The Balaban J connectivity index is 2.58. The average molecular weight is 192 g/mol. The SMILES string of the molecule is Fc1cc(C2CO2)c(F)c(F)c1F. The molecule has 0 saturated carbocycles. The molecule has 1 nitrogen and oxygen atoms in total. The normalized spacial score (nSPS) is 20.5. The Morgan fingerprint density at radius 2 is 1.69 bits per heavy atom. The van der Waals surface area contributed by atoms with Crippen LogP contribution in [0.5, 0.6) is 0 Å². The third kappa shape index (κ3) is 1.29. The number of benzene rings is 1. The molecule has 0 aliphatic carbocycles. The highest BCUT2D eigenvalue weighted by molar-refractivity contribution is 5.25. The van der Waals surface area contributed by atoms with Crippen molar-refractivity contribution in [1.82, 2.24) is 0 Å². The zero-order valence-corrected chi connectivity index (χ0v) is 6.28. The van der Waals surface area contributed by atoms with Crippen LogP contribution in [0, 0.1) is 23.3 Å². The molecule has 0 spiro atoms. The summed E-state index contributed by atoms with van der Waals surface area (Å²) in [6, 6.07) is 0.616. The van der Waals surface area contributed by atoms with E-state index in [1.165, 1.54) is 0 Å². The molecule has 0 bridgehead atoms. The molecule has 1 aromatic carbocycles. The smallest absolute Gasteiger partial charge is 0.197 e. The number of hydrogen-bond donors (Lipinski definition) is 0. The Bertz CT molecular complexity index is 360. The molecule has 2 rings (SSSR count). The molecule has 0 aromatic heterocycles. The van der Waals surface area contributed by atoms with Crippen LogP contribution in [0.4, 0.5) is 17.6 Å². The number of rotatable bonds is 1. The van der Waals surface area contributed by atoms with Crippen molar-refractivity contribution in [3.63, 3.8) is 0 Å². The predicted octanol–water partition coefficient (Wildman–Crippen LogP) is 2.31. The van der Waals surface area contributed by atoms with E-state index in [-0.39, 0.29) is 12.2 Å². The molecule has 70 valence electrons. The summed E-state index contributed by atoms with van der Waals surface area (Å²) < 4.78 is 55.1. The summed E-state index contributed by atoms with van der Waals surface area (Å²) in [7, 11) is 0. The van der Waals surface area contributed by atoms with Crippen molar-refractivity contribution < 1.29 is 22.3 Å². The van der Waals surface area contributed by atoms with Crippen LogP contribution in [0.15, 0.2) is 6.07 Å². The first-order valence-electron chi connectivity index (χ1n) is 3.55. The summed E-state index contributed by atoms with van der Waals surface area (Å²) >= 11 is 0. The van der Waals surface area contributed by atoms with Crippen molar-refractivity contribution in [2.75, 3.05) is 6.61 Å². The summed E-state index contributed by atoms with van der Waals surface area (Å²) in [5.74, 6) is -6.35. The van der Waals surface area contributed by atoms with Crippen LogP contribution in [-0.4, -0.2) is 6.61 Å². The molecule has 1 unspecified atom stereocenters. The number of hydrogen-bond acceptors (Lipinski definition) is 1. The number of ether oxygens (including phenoxy) is 1. The molecule has 1 fully saturated rings. The van der Waals surface area contributed by atoms with Gasteiger partial charge in [-0.1, -0.05) is 0 Å². The highest BCUT2D eigenvalue weighted by atomic mass is 19.2. The van der Waals surface area contributed by atoms with Gasteiger partial charge in [0.25, 0.3) is 0 Å². The van der Waals surface area contributed by atoms with Crippen molar-refractivity contribution in [2.45, 2.75) is 6.10 Å². The fourth-order valence-corrected chi connectivity index (χ4v) is 1.05. The number of epoxide rings is 1. The van der Waals surface area contributed by atoms with Gasteiger partial charge in [-0.25, -0.2) is 17.6 Å². The standard InChI is InChI=1S/C8H4F4O/c9-4-1-3(5-2-13-5)6(10)8(12)7(4)11/h1,5H,2H2. The Hall–Kier alpha value is -1.10. The number of halogens is 4. The van der Waals surface area contributed by atoms with E-state index in [1.54, 1.807) is 0 Å². The monoisotopic (exact) mass is 192 g/mol. The highest BCUT2D eigenvalue weighted by Crippen LogP contribution is 2.33. The zero-order chi connectivity index (χ0) is 9.59. The van der Waals surface area contributed by atoms with Gasteiger partial charge in [0.1, 0.15) is 6.10 Å². The predicted molar refractivity (Wildman–Crippen MR) is 35.0 cm³/mol. The molecule has 1 aromatic rings. The molecule has 5 heteroatoms. The fourth-order valence-electron chi connectivity index (χ4n) is 1.05. The maximum Gasteiger partial charge on any atom is 0.197 e. The quantitative estimate of drug-likeness (QED) is 0.288. The minimum absolute atomic E-state index is 0.210. The van der Waals surface area contributed by atoms with Gasteiger partial charge in [-0.05, 0) is 6.07 Å². The Morgan fingerprint density at radius 3 is 2.23 bits per heavy atom. The lowest BCUT2D eigenvalue weighted by molar-refractivity contribution is 0.378. The van der Waals surface area contributed by atoms with Crippen LogP contribution >= 0.6 is 0 Å². The van der Waals surface area contributed by atoms with Gasteiger partial charge in [0.15, 0.2) is 23.3 Å². The van der Waals surface area contributed by atoms with Crippen molar-refractivity contribution in [3.05, 3.63) is 34.9 Å². The summed E-state index contributed by atoms with van der Waals surface area (Å²) in [5, 5.41) is 0. The largest absolute Gasteiger partial charge is 0.368 e. The topological polar surface area (TPSA) is 12.5 Å². The van der Waals surface area contributed by atoms with Gasteiger partial charge in [0.2, 0.25) is 0 Å². The first kappa shape index (κ1) is 8.50. The van der Waals surface area contributed by atoms with Crippen molar-refractivity contribution in [1.29, 1.82) is 0 Å². The lowest BCUT2D eigenvalue weighted by Gasteiger charge is -2.01. The van der Waals surface area contributed by atoms with Crippen molar-refractivity contribution in [3.8, 4) is 0 Å². The van der Waals surface area contributed by atoms with Gasteiger partial charge in [-0.3, -0.25) is 0 Å². The second kappa shape index (κ2) is 2.70. The molecule has 1 atom stereocenters. The summed E-state index contributed by atoms with van der Waals surface area (Å²) in [6.07, 6.45) is -0.635. The lowest BCUT2D eigenvalue weighted by Crippen LogP contribution is -2.00. The van der Waals surface area contributed by atoms with Crippen LogP contribution in [0.25, 0.3) is 0 Å². The highest BCUT2D eigenvalue weighted by Gasteiger charge is 2.31. The first-order chi connectivity index (χ1) is 6.11. The van der Waals surface area contributed by atoms with Gasteiger partial charge in [-0.2, -0.15) is 0 Å². The Kier molecular flexibility index (Phi) is 1.76. The fraction of sp³-hybridized carbons (Fsp3) is 0.250. The minimum Gasteiger partial charge on any atom is -0.368 e. The van der Waals surface area contributed by atoms with E-state index in [9.17, 15) is 17.6 Å². The molecule has 0 N–H and O–H groups in total. The van der Waals surface area contributed by atoms with E-state index in [2.05, 4.69) is 4.74 Å². The van der Waals surface area contributed by atoms with Crippen LogP contribution in [-0.2, 0) is 4.74 Å².